The summed E-state index contributed by atoms with van der Waals surface area (Å²) in [6.45, 7) is 0.310. The molecule has 6 heteroatoms. The van der Waals surface area contributed by atoms with E-state index >= 15 is 0 Å². The summed E-state index contributed by atoms with van der Waals surface area (Å²) < 4.78 is 0. The minimum absolute atomic E-state index is 0.290. The van der Waals surface area contributed by atoms with Crippen LogP contribution in [0.5, 0.6) is 0 Å². The summed E-state index contributed by atoms with van der Waals surface area (Å²) in [7, 11) is 0. The minimum Gasteiger partial charge on any atom is -0.503 e. The van der Waals surface area contributed by atoms with E-state index in [1.807, 2.05) is 60.7 Å². The lowest BCUT2D eigenvalue weighted by Gasteiger charge is -2.27. The second-order valence-corrected chi connectivity index (χ2v) is 8.54. The Morgan fingerprint density at radius 2 is 1.50 bits per heavy atom. The Kier molecular flexibility index (Phi) is 5.33. The van der Waals surface area contributed by atoms with Crippen LogP contribution in [0.2, 0.25) is 10.0 Å². The summed E-state index contributed by atoms with van der Waals surface area (Å²) in [5.41, 5.74) is 3.59. The lowest BCUT2D eigenvalue weighted by atomic mass is 9.96. The molecule has 1 aliphatic rings. The number of benzene rings is 3. The first-order valence-electron chi connectivity index (χ1n) is 10.1. The van der Waals surface area contributed by atoms with Gasteiger partial charge in [0.25, 0.3) is 5.91 Å². The fourth-order valence-electron chi connectivity index (χ4n) is 4.07. The van der Waals surface area contributed by atoms with Crippen LogP contribution in [0.3, 0.4) is 0 Å². The van der Waals surface area contributed by atoms with E-state index in [2.05, 4.69) is 0 Å². The molecule has 1 amide bonds. The molecular weight excluding hydrogens is 443 g/mol. The van der Waals surface area contributed by atoms with Crippen molar-refractivity contribution in [2.75, 3.05) is 0 Å². The van der Waals surface area contributed by atoms with Gasteiger partial charge in [0.1, 0.15) is 0 Å². The summed E-state index contributed by atoms with van der Waals surface area (Å²) in [6, 6.07) is 25.6. The number of aromatic nitrogens is 1. The van der Waals surface area contributed by atoms with E-state index in [4.69, 9.17) is 28.2 Å². The van der Waals surface area contributed by atoms with Crippen LogP contribution in [-0.2, 0) is 11.3 Å². The monoisotopic (exact) mass is 460 g/mol. The summed E-state index contributed by atoms with van der Waals surface area (Å²) in [6.07, 6.45) is 0. The largest absolute Gasteiger partial charge is 0.503 e. The number of aliphatic hydroxyl groups excluding tert-OH is 1. The van der Waals surface area contributed by atoms with Gasteiger partial charge in [-0.3, -0.25) is 4.79 Å². The highest BCUT2D eigenvalue weighted by atomic mass is 35.5. The van der Waals surface area contributed by atoms with E-state index in [-0.39, 0.29) is 5.76 Å². The molecule has 4 nitrogen and oxygen atoms in total. The van der Waals surface area contributed by atoms with Crippen molar-refractivity contribution in [1.29, 1.82) is 0 Å². The zero-order valence-electron chi connectivity index (χ0n) is 16.9. The highest BCUT2D eigenvalue weighted by molar-refractivity contribution is 6.30. The van der Waals surface area contributed by atoms with Crippen molar-refractivity contribution in [3.63, 3.8) is 0 Å². The molecule has 2 heterocycles. The van der Waals surface area contributed by atoms with E-state index in [9.17, 15) is 9.90 Å². The lowest BCUT2D eigenvalue weighted by Crippen LogP contribution is -2.29. The summed E-state index contributed by atoms with van der Waals surface area (Å²) >= 11 is 12.1. The first-order valence-corrected chi connectivity index (χ1v) is 10.9. The van der Waals surface area contributed by atoms with Crippen molar-refractivity contribution < 1.29 is 9.90 Å². The number of nitrogens with zero attached hydrogens (tertiary/aromatic N) is 2. The Balaban J connectivity index is 1.63. The molecule has 3 aromatic carbocycles. The first-order chi connectivity index (χ1) is 15.5. The topological polar surface area (TPSA) is 53.4 Å². The van der Waals surface area contributed by atoms with Crippen molar-refractivity contribution >= 4 is 45.6 Å². The predicted octanol–water partition coefficient (Wildman–Crippen LogP) is 6.59. The van der Waals surface area contributed by atoms with Gasteiger partial charge >= 0.3 is 0 Å². The molecule has 0 saturated heterocycles. The number of carbonyl (C=O) groups is 1. The molecule has 158 valence electrons. The number of hydrogen-bond acceptors (Lipinski definition) is 3. The molecule has 1 N–H and O–H groups in total. The van der Waals surface area contributed by atoms with Crippen LogP contribution < -0.4 is 0 Å². The maximum absolute atomic E-state index is 13.2. The fourth-order valence-corrected chi connectivity index (χ4v) is 4.32. The maximum atomic E-state index is 13.2. The Bertz CT molecular complexity index is 1350. The average molecular weight is 461 g/mol. The number of halogens is 2. The van der Waals surface area contributed by atoms with Gasteiger partial charge < -0.3 is 10.0 Å². The van der Waals surface area contributed by atoms with Crippen LogP contribution in [0, 0.1) is 0 Å². The number of amides is 1. The van der Waals surface area contributed by atoms with Crippen molar-refractivity contribution in [2.24, 2.45) is 0 Å². The molecule has 1 aromatic heterocycles. The van der Waals surface area contributed by atoms with Crippen LogP contribution >= 0.6 is 23.2 Å². The lowest BCUT2D eigenvalue weighted by molar-refractivity contribution is -0.130. The number of hydrogen-bond donors (Lipinski definition) is 1. The Morgan fingerprint density at radius 3 is 2.22 bits per heavy atom. The Hall–Kier alpha value is -3.34. The first kappa shape index (κ1) is 20.6. The number of para-hydroxylation sites is 1. The van der Waals surface area contributed by atoms with Crippen molar-refractivity contribution in [1.82, 2.24) is 9.88 Å². The number of carbonyl (C=O) groups excluding carboxylic acids is 1. The van der Waals surface area contributed by atoms with Gasteiger partial charge in [0, 0.05) is 22.0 Å². The molecule has 0 unspecified atom stereocenters. The van der Waals surface area contributed by atoms with Gasteiger partial charge in [-0.25, -0.2) is 4.98 Å². The summed E-state index contributed by atoms with van der Waals surface area (Å²) in [5.74, 6) is -0.730. The standard InChI is InChI=1S/C26H18Cl2N2O2/c27-19-10-5-16(6-11-19)15-30-24(18-7-12-20(28)13-8-18)23(25(31)26(30)32)22-14-9-17-3-1-2-4-21(17)29-22/h1-14,24,31H,15H2/t24-/m0/s1. The van der Waals surface area contributed by atoms with Crippen LogP contribution in [0.1, 0.15) is 22.9 Å². The van der Waals surface area contributed by atoms with Gasteiger partial charge in [0.05, 0.1) is 22.8 Å². The molecule has 5 rings (SSSR count). The second-order valence-electron chi connectivity index (χ2n) is 7.67. The van der Waals surface area contributed by atoms with Crippen LogP contribution in [0.4, 0.5) is 0 Å². The third kappa shape index (κ3) is 3.72. The zero-order chi connectivity index (χ0) is 22.2. The van der Waals surface area contributed by atoms with Crippen LogP contribution in [0.25, 0.3) is 16.5 Å². The third-order valence-electron chi connectivity index (χ3n) is 5.63. The van der Waals surface area contributed by atoms with Crippen molar-refractivity contribution in [3.05, 3.63) is 118 Å². The van der Waals surface area contributed by atoms with Gasteiger partial charge in [-0.2, -0.15) is 0 Å². The molecule has 0 spiro atoms. The Morgan fingerprint density at radius 1 is 0.844 bits per heavy atom. The normalized spacial score (nSPS) is 16.2. The maximum Gasteiger partial charge on any atom is 0.290 e. The molecule has 0 fully saturated rings. The molecule has 0 aliphatic carbocycles. The van der Waals surface area contributed by atoms with E-state index in [1.54, 1.807) is 29.2 Å². The van der Waals surface area contributed by atoms with E-state index in [1.165, 1.54) is 0 Å². The zero-order valence-corrected chi connectivity index (χ0v) is 18.4. The smallest absolute Gasteiger partial charge is 0.290 e. The van der Waals surface area contributed by atoms with E-state index in [0.29, 0.717) is 27.9 Å². The van der Waals surface area contributed by atoms with Crippen molar-refractivity contribution in [2.45, 2.75) is 12.6 Å². The van der Waals surface area contributed by atoms with Gasteiger partial charge in [-0.1, -0.05) is 71.7 Å². The molecule has 4 aromatic rings. The molecule has 0 radical (unpaired) electrons. The van der Waals surface area contributed by atoms with Gasteiger partial charge in [-0.15, -0.1) is 0 Å². The van der Waals surface area contributed by atoms with Crippen LogP contribution in [0.15, 0.2) is 90.7 Å². The van der Waals surface area contributed by atoms with Gasteiger partial charge in [0.15, 0.2) is 5.76 Å². The second kappa shape index (κ2) is 8.30. The Labute approximate surface area is 195 Å². The highest BCUT2D eigenvalue weighted by Crippen LogP contribution is 2.43. The van der Waals surface area contributed by atoms with Gasteiger partial charge in [0.2, 0.25) is 0 Å². The third-order valence-corrected chi connectivity index (χ3v) is 6.13. The van der Waals surface area contributed by atoms with E-state index in [0.717, 1.165) is 22.0 Å². The van der Waals surface area contributed by atoms with Crippen molar-refractivity contribution in [3.8, 4) is 0 Å². The average Bonchev–Trinajstić information content (AvgIpc) is 3.05. The molecular formula is C26H18Cl2N2O2. The number of fused-ring (bicyclic) bond motifs is 1. The van der Waals surface area contributed by atoms with Gasteiger partial charge in [-0.05, 0) is 47.5 Å². The summed E-state index contributed by atoms with van der Waals surface area (Å²) in [4.78, 5) is 19.6. The molecule has 32 heavy (non-hydrogen) atoms. The highest BCUT2D eigenvalue weighted by Gasteiger charge is 2.41. The quantitative estimate of drug-likeness (QED) is 0.373. The fraction of sp³-hybridized carbons (Fsp3) is 0.0769. The molecule has 0 saturated carbocycles. The molecule has 0 bridgehead atoms. The minimum atomic E-state index is -0.510. The predicted molar refractivity (Wildman–Crippen MR) is 127 cm³/mol. The molecule has 1 aliphatic heterocycles. The number of rotatable bonds is 4. The molecule has 1 atom stereocenters. The summed E-state index contributed by atoms with van der Waals surface area (Å²) in [5, 5.41) is 13.2. The van der Waals surface area contributed by atoms with Crippen LogP contribution in [-0.4, -0.2) is 20.9 Å². The van der Waals surface area contributed by atoms with E-state index < -0.39 is 11.9 Å². The number of aliphatic hydroxyl groups is 1. The SMILES string of the molecule is O=C1C(O)=C(c2ccc3ccccc3n2)[C@H](c2ccc(Cl)cc2)N1Cc1ccc(Cl)cc1. The number of pyridine rings is 1.